The maximum atomic E-state index is 4.80. The number of para-hydroxylation sites is 1. The Kier molecular flexibility index (Phi) is 9.29. The first-order chi connectivity index (χ1) is 14.0. The summed E-state index contributed by atoms with van der Waals surface area (Å²) < 4.78 is 1.99. The zero-order chi connectivity index (χ0) is 20.8. The van der Waals surface area contributed by atoms with Crippen molar-refractivity contribution >= 4 is 41.3 Å². The van der Waals surface area contributed by atoms with Crippen molar-refractivity contribution in [3.8, 4) is 5.69 Å². The third-order valence-electron chi connectivity index (χ3n) is 4.69. The van der Waals surface area contributed by atoms with Crippen LogP contribution in [-0.2, 0) is 13.0 Å². The van der Waals surface area contributed by atoms with Gasteiger partial charge in [-0.05, 0) is 52.3 Å². The Labute approximate surface area is 200 Å². The van der Waals surface area contributed by atoms with Crippen LogP contribution in [0.1, 0.15) is 39.5 Å². The number of rotatable bonds is 7. The predicted molar refractivity (Wildman–Crippen MR) is 137 cm³/mol. The lowest BCUT2D eigenvalue weighted by atomic mass is 10.2. The van der Waals surface area contributed by atoms with Crippen LogP contribution < -0.4 is 10.6 Å². The molecule has 8 heteroatoms. The van der Waals surface area contributed by atoms with Gasteiger partial charge in [0, 0.05) is 30.1 Å². The number of aliphatic imine (C=N–C) groups is 1. The van der Waals surface area contributed by atoms with Gasteiger partial charge >= 0.3 is 0 Å². The minimum atomic E-state index is 0. The van der Waals surface area contributed by atoms with Gasteiger partial charge in [0.1, 0.15) is 0 Å². The zero-order valence-corrected chi connectivity index (χ0v) is 21.5. The van der Waals surface area contributed by atoms with Crippen LogP contribution in [0.5, 0.6) is 0 Å². The first-order valence-corrected chi connectivity index (χ1v) is 10.9. The molecule has 2 aromatic heterocycles. The quantitative estimate of drug-likeness (QED) is 0.265. The minimum absolute atomic E-state index is 0. The van der Waals surface area contributed by atoms with Gasteiger partial charge in [-0.25, -0.2) is 14.7 Å². The van der Waals surface area contributed by atoms with E-state index < -0.39 is 0 Å². The van der Waals surface area contributed by atoms with Crippen LogP contribution in [0.25, 0.3) is 5.69 Å². The third kappa shape index (κ3) is 6.28. The molecule has 3 aromatic rings. The number of benzene rings is 1. The van der Waals surface area contributed by atoms with Gasteiger partial charge in [-0.2, -0.15) is 5.10 Å². The van der Waals surface area contributed by atoms with E-state index in [9.17, 15) is 0 Å². The lowest BCUT2D eigenvalue weighted by Gasteiger charge is -2.13. The molecule has 0 saturated heterocycles. The maximum Gasteiger partial charge on any atom is 0.191 e. The Morgan fingerprint density at radius 2 is 1.90 bits per heavy atom. The second-order valence-corrected chi connectivity index (χ2v) is 8.38. The highest BCUT2D eigenvalue weighted by molar-refractivity contribution is 14.0. The van der Waals surface area contributed by atoms with Crippen molar-refractivity contribution in [1.29, 1.82) is 0 Å². The van der Waals surface area contributed by atoms with Gasteiger partial charge in [-0.3, -0.25) is 0 Å². The zero-order valence-electron chi connectivity index (χ0n) is 18.3. The lowest BCUT2D eigenvalue weighted by molar-refractivity contribution is 0.788. The number of nitrogens with one attached hydrogen (secondary N) is 2. The second kappa shape index (κ2) is 11.5. The van der Waals surface area contributed by atoms with Crippen molar-refractivity contribution in [1.82, 2.24) is 25.4 Å². The van der Waals surface area contributed by atoms with Crippen molar-refractivity contribution in [2.24, 2.45) is 4.99 Å². The molecular formula is C22H31IN6S. The monoisotopic (exact) mass is 538 g/mol. The number of guanidine groups is 1. The number of halogens is 1. The molecule has 0 bridgehead atoms. The van der Waals surface area contributed by atoms with Crippen molar-refractivity contribution in [3.63, 3.8) is 0 Å². The maximum absolute atomic E-state index is 4.80. The van der Waals surface area contributed by atoms with Crippen molar-refractivity contribution in [3.05, 3.63) is 62.9 Å². The van der Waals surface area contributed by atoms with E-state index in [2.05, 4.69) is 66.6 Å². The SMILES string of the molecule is CCNC(=NCc1ccccc1-n1nc(C)cc1C)NCCc1nc(C)c(C)s1.I. The molecule has 0 saturated carbocycles. The van der Waals surface area contributed by atoms with E-state index >= 15 is 0 Å². The topological polar surface area (TPSA) is 67.1 Å². The Morgan fingerprint density at radius 1 is 1.13 bits per heavy atom. The lowest BCUT2D eigenvalue weighted by Crippen LogP contribution is -2.38. The smallest absolute Gasteiger partial charge is 0.191 e. The molecule has 2 N–H and O–H groups in total. The molecule has 0 atom stereocenters. The van der Waals surface area contributed by atoms with E-state index in [1.165, 1.54) is 9.88 Å². The van der Waals surface area contributed by atoms with E-state index in [1.807, 2.05) is 23.7 Å². The number of nitrogens with zero attached hydrogens (tertiary/aromatic N) is 4. The molecule has 0 unspecified atom stereocenters. The Balaban J connectivity index is 0.00000320. The molecule has 0 aliphatic heterocycles. The molecule has 0 amide bonds. The highest BCUT2D eigenvalue weighted by Gasteiger charge is 2.09. The molecule has 6 nitrogen and oxygen atoms in total. The third-order valence-corrected chi connectivity index (χ3v) is 5.82. The highest BCUT2D eigenvalue weighted by atomic mass is 127. The first-order valence-electron chi connectivity index (χ1n) is 10.0. The average Bonchev–Trinajstić information content (AvgIpc) is 3.20. The van der Waals surface area contributed by atoms with E-state index in [1.54, 1.807) is 11.3 Å². The number of aromatic nitrogens is 3. The molecule has 162 valence electrons. The standard InChI is InChI=1S/C22H30N6S.HI/c1-6-23-22(24-12-11-21-26-17(4)18(5)29-21)25-14-19-9-7-8-10-20(19)28-16(3)13-15(2)27-28;/h7-10,13H,6,11-12,14H2,1-5H3,(H2,23,24,25);1H. The van der Waals surface area contributed by atoms with E-state index in [-0.39, 0.29) is 24.0 Å². The summed E-state index contributed by atoms with van der Waals surface area (Å²) in [5.74, 6) is 0.820. The fraction of sp³-hybridized carbons (Fsp3) is 0.409. The van der Waals surface area contributed by atoms with Crippen LogP contribution in [0, 0.1) is 27.7 Å². The molecule has 0 fully saturated rings. The molecule has 0 aliphatic rings. The highest BCUT2D eigenvalue weighted by Crippen LogP contribution is 2.18. The van der Waals surface area contributed by atoms with Crippen LogP contribution in [0.15, 0.2) is 35.3 Å². The second-order valence-electron chi connectivity index (χ2n) is 7.09. The predicted octanol–water partition coefficient (Wildman–Crippen LogP) is 4.48. The summed E-state index contributed by atoms with van der Waals surface area (Å²) in [6.07, 6.45) is 0.895. The van der Waals surface area contributed by atoms with Crippen molar-refractivity contribution in [2.75, 3.05) is 13.1 Å². The van der Waals surface area contributed by atoms with Crippen LogP contribution in [0.4, 0.5) is 0 Å². The molecule has 1 aromatic carbocycles. The van der Waals surface area contributed by atoms with E-state index in [0.29, 0.717) is 6.54 Å². The molecule has 0 spiro atoms. The van der Waals surface area contributed by atoms with Gasteiger partial charge in [-0.15, -0.1) is 35.3 Å². The Morgan fingerprint density at radius 3 is 2.53 bits per heavy atom. The van der Waals surface area contributed by atoms with Crippen LogP contribution in [0.3, 0.4) is 0 Å². The van der Waals surface area contributed by atoms with Crippen molar-refractivity contribution < 1.29 is 0 Å². The van der Waals surface area contributed by atoms with E-state index in [4.69, 9.17) is 4.99 Å². The average molecular weight is 539 g/mol. The number of aryl methyl sites for hydroxylation is 4. The van der Waals surface area contributed by atoms with Gasteiger partial charge in [0.25, 0.3) is 0 Å². The number of thiazole rings is 1. The summed E-state index contributed by atoms with van der Waals surface area (Å²) in [7, 11) is 0. The Bertz CT molecular complexity index is 972. The van der Waals surface area contributed by atoms with Crippen molar-refractivity contribution in [2.45, 2.75) is 47.6 Å². The van der Waals surface area contributed by atoms with E-state index in [0.717, 1.165) is 53.8 Å². The van der Waals surface area contributed by atoms with Gasteiger partial charge in [0.15, 0.2) is 5.96 Å². The van der Waals surface area contributed by atoms with Gasteiger partial charge in [0.05, 0.1) is 28.6 Å². The molecule has 0 radical (unpaired) electrons. The van der Waals surface area contributed by atoms with Gasteiger partial charge in [0.2, 0.25) is 0 Å². The van der Waals surface area contributed by atoms with Crippen LogP contribution in [0.2, 0.25) is 0 Å². The van der Waals surface area contributed by atoms with Crippen LogP contribution in [-0.4, -0.2) is 33.8 Å². The molecule has 2 heterocycles. The largest absolute Gasteiger partial charge is 0.357 e. The summed E-state index contributed by atoms with van der Waals surface area (Å²) in [6, 6.07) is 10.4. The number of hydrogen-bond donors (Lipinski definition) is 2. The normalized spacial score (nSPS) is 11.3. The minimum Gasteiger partial charge on any atom is -0.357 e. The number of hydrogen-bond acceptors (Lipinski definition) is 4. The fourth-order valence-corrected chi connectivity index (χ4v) is 4.10. The fourth-order valence-electron chi connectivity index (χ4n) is 3.16. The molecule has 3 rings (SSSR count). The Hall–Kier alpha value is -1.94. The summed E-state index contributed by atoms with van der Waals surface area (Å²) >= 11 is 1.77. The van der Waals surface area contributed by atoms with Gasteiger partial charge < -0.3 is 10.6 Å². The van der Waals surface area contributed by atoms with Crippen LogP contribution >= 0.6 is 35.3 Å². The molecule has 0 aliphatic carbocycles. The summed E-state index contributed by atoms with van der Waals surface area (Å²) in [5.41, 5.74) is 5.49. The summed E-state index contributed by atoms with van der Waals surface area (Å²) in [6.45, 7) is 12.6. The summed E-state index contributed by atoms with van der Waals surface area (Å²) in [4.78, 5) is 10.7. The summed E-state index contributed by atoms with van der Waals surface area (Å²) in [5, 5.41) is 12.5. The molecular weight excluding hydrogens is 507 g/mol. The molecule has 30 heavy (non-hydrogen) atoms. The first kappa shape index (κ1) is 24.3. The van der Waals surface area contributed by atoms with Gasteiger partial charge in [-0.1, -0.05) is 18.2 Å².